The molecule has 0 bridgehead atoms. The highest BCUT2D eigenvalue weighted by atomic mass is 16.5. The molecule has 0 saturated heterocycles. The molecule has 2 unspecified atom stereocenters. The van der Waals surface area contributed by atoms with Crippen LogP contribution >= 0.6 is 0 Å². The Labute approximate surface area is 111 Å². The highest BCUT2D eigenvalue weighted by Gasteiger charge is 2.25. The normalized spacial score (nSPS) is 23.3. The quantitative estimate of drug-likeness (QED) is 0.860. The summed E-state index contributed by atoms with van der Waals surface area (Å²) in [5.41, 5.74) is 2.63. The lowest BCUT2D eigenvalue weighted by Gasteiger charge is -2.19. The Kier molecular flexibility index (Phi) is 4.65. The van der Waals surface area contributed by atoms with Gasteiger partial charge in [-0.15, -0.1) is 0 Å². The summed E-state index contributed by atoms with van der Waals surface area (Å²) in [6.45, 7) is 5.11. The van der Waals surface area contributed by atoms with Crippen LogP contribution < -0.4 is 10.1 Å². The molecule has 100 valence electrons. The summed E-state index contributed by atoms with van der Waals surface area (Å²) in [4.78, 5) is 0. The summed E-state index contributed by atoms with van der Waals surface area (Å²) in [5, 5.41) is 3.42. The summed E-state index contributed by atoms with van der Waals surface area (Å²) in [7, 11) is 2.08. The van der Waals surface area contributed by atoms with Gasteiger partial charge < -0.3 is 10.1 Å². The van der Waals surface area contributed by atoms with Gasteiger partial charge in [0.15, 0.2) is 0 Å². The van der Waals surface area contributed by atoms with Crippen molar-refractivity contribution in [2.45, 2.75) is 45.6 Å². The summed E-state index contributed by atoms with van der Waals surface area (Å²) in [6.07, 6.45) is 5.20. The van der Waals surface area contributed by atoms with E-state index in [1.54, 1.807) is 0 Å². The number of hydrogen-bond donors (Lipinski definition) is 1. The third-order valence-corrected chi connectivity index (χ3v) is 4.27. The van der Waals surface area contributed by atoms with Gasteiger partial charge in [0.05, 0.1) is 6.61 Å². The zero-order chi connectivity index (χ0) is 13.0. The molecule has 2 atom stereocenters. The molecule has 2 nitrogen and oxygen atoms in total. The minimum absolute atomic E-state index is 0.702. The average molecular weight is 247 g/mol. The van der Waals surface area contributed by atoms with E-state index in [0.29, 0.717) is 6.04 Å². The maximum absolute atomic E-state index is 5.87. The van der Waals surface area contributed by atoms with Crippen LogP contribution in [0.5, 0.6) is 5.75 Å². The van der Waals surface area contributed by atoms with Gasteiger partial charge in [0.1, 0.15) is 5.75 Å². The molecule has 1 aromatic rings. The van der Waals surface area contributed by atoms with Crippen molar-refractivity contribution < 1.29 is 4.74 Å². The molecule has 0 amide bonds. The average Bonchev–Trinajstić information content (AvgIpc) is 2.81. The van der Waals surface area contributed by atoms with E-state index in [1.165, 1.54) is 36.8 Å². The van der Waals surface area contributed by atoms with Crippen molar-refractivity contribution >= 4 is 0 Å². The largest absolute Gasteiger partial charge is 0.494 e. The lowest BCUT2D eigenvalue weighted by molar-refractivity contribution is 0.263. The smallest absolute Gasteiger partial charge is 0.119 e. The van der Waals surface area contributed by atoms with Crippen LogP contribution in [0.1, 0.15) is 36.8 Å². The first-order valence-corrected chi connectivity index (χ1v) is 7.08. The highest BCUT2D eigenvalue weighted by molar-refractivity contribution is 5.33. The lowest BCUT2D eigenvalue weighted by atomic mass is 10.0. The van der Waals surface area contributed by atoms with E-state index in [9.17, 15) is 0 Å². The lowest BCUT2D eigenvalue weighted by Crippen LogP contribution is -2.29. The molecule has 2 heteroatoms. The predicted molar refractivity (Wildman–Crippen MR) is 76.2 cm³/mol. The van der Waals surface area contributed by atoms with Crippen molar-refractivity contribution in [2.75, 3.05) is 13.7 Å². The number of rotatable bonds is 5. The topological polar surface area (TPSA) is 21.3 Å². The van der Waals surface area contributed by atoms with Crippen LogP contribution in [0.4, 0.5) is 0 Å². The summed E-state index contributed by atoms with van der Waals surface area (Å²) in [6, 6.07) is 7.05. The Hall–Kier alpha value is -1.02. The van der Waals surface area contributed by atoms with E-state index < -0.39 is 0 Å². The van der Waals surface area contributed by atoms with Gasteiger partial charge in [0.2, 0.25) is 0 Å². The van der Waals surface area contributed by atoms with E-state index in [4.69, 9.17) is 4.74 Å². The van der Waals surface area contributed by atoms with Gasteiger partial charge in [-0.05, 0) is 69.3 Å². The molecule has 0 aliphatic heterocycles. The molecule has 18 heavy (non-hydrogen) atoms. The molecule has 0 aromatic heterocycles. The molecule has 1 fully saturated rings. The zero-order valence-electron chi connectivity index (χ0n) is 11.8. The second kappa shape index (κ2) is 6.24. The Bertz CT molecular complexity index is 389. The third-order valence-electron chi connectivity index (χ3n) is 4.27. The minimum Gasteiger partial charge on any atom is -0.494 e. The fourth-order valence-electron chi connectivity index (χ4n) is 2.89. The molecule has 1 aliphatic rings. The first kappa shape index (κ1) is 13.4. The summed E-state index contributed by atoms with van der Waals surface area (Å²) < 4.78 is 5.87. The molecule has 1 aromatic carbocycles. The van der Waals surface area contributed by atoms with E-state index in [-0.39, 0.29) is 0 Å². The number of ether oxygens (including phenoxy) is 1. The van der Waals surface area contributed by atoms with E-state index >= 15 is 0 Å². The van der Waals surface area contributed by atoms with Crippen LogP contribution in [-0.2, 0) is 0 Å². The van der Waals surface area contributed by atoms with Gasteiger partial charge in [-0.1, -0.05) is 12.5 Å². The van der Waals surface area contributed by atoms with Crippen molar-refractivity contribution in [3.63, 3.8) is 0 Å². The van der Waals surface area contributed by atoms with Crippen molar-refractivity contribution in [3.8, 4) is 5.75 Å². The second-order valence-corrected chi connectivity index (χ2v) is 5.47. The monoisotopic (exact) mass is 247 g/mol. The molecule has 0 spiro atoms. The van der Waals surface area contributed by atoms with E-state index in [2.05, 4.69) is 44.4 Å². The maximum atomic E-state index is 5.87. The predicted octanol–water partition coefficient (Wildman–Crippen LogP) is 3.46. The fraction of sp³-hybridized carbons (Fsp3) is 0.625. The van der Waals surface area contributed by atoms with E-state index in [0.717, 1.165) is 18.3 Å². The van der Waals surface area contributed by atoms with Gasteiger partial charge in [-0.25, -0.2) is 0 Å². The van der Waals surface area contributed by atoms with Gasteiger partial charge in [0.25, 0.3) is 0 Å². The standard InChI is InChI=1S/C16H25NO/c1-12-7-8-15(11-13(12)2)18-10-9-14-5-4-6-16(14)17-3/h7-8,11,14,16-17H,4-6,9-10H2,1-3H3. The summed E-state index contributed by atoms with van der Waals surface area (Å²) >= 11 is 0. The number of aryl methyl sites for hydroxylation is 2. The van der Waals surface area contributed by atoms with Gasteiger partial charge in [-0.2, -0.15) is 0 Å². The molecule has 2 rings (SSSR count). The molecular formula is C16H25NO. The van der Waals surface area contributed by atoms with Crippen molar-refractivity contribution in [2.24, 2.45) is 5.92 Å². The van der Waals surface area contributed by atoms with Crippen LogP contribution in [0, 0.1) is 19.8 Å². The highest BCUT2D eigenvalue weighted by Crippen LogP contribution is 2.28. The number of nitrogens with one attached hydrogen (secondary N) is 1. The summed E-state index contributed by atoms with van der Waals surface area (Å²) in [5.74, 6) is 1.80. The Morgan fingerprint density at radius 1 is 1.22 bits per heavy atom. The van der Waals surface area contributed by atoms with Crippen molar-refractivity contribution in [1.29, 1.82) is 0 Å². The van der Waals surface area contributed by atoms with Gasteiger partial charge >= 0.3 is 0 Å². The fourth-order valence-corrected chi connectivity index (χ4v) is 2.89. The Balaban J connectivity index is 1.79. The first-order valence-electron chi connectivity index (χ1n) is 7.08. The van der Waals surface area contributed by atoms with Crippen LogP contribution in [0.2, 0.25) is 0 Å². The third kappa shape index (κ3) is 3.26. The molecular weight excluding hydrogens is 222 g/mol. The SMILES string of the molecule is CNC1CCCC1CCOc1ccc(C)c(C)c1. The van der Waals surface area contributed by atoms with Crippen LogP contribution in [0.3, 0.4) is 0 Å². The van der Waals surface area contributed by atoms with Crippen LogP contribution in [-0.4, -0.2) is 19.7 Å². The van der Waals surface area contributed by atoms with Gasteiger partial charge in [-0.3, -0.25) is 0 Å². The number of hydrogen-bond acceptors (Lipinski definition) is 2. The first-order chi connectivity index (χ1) is 8.70. The van der Waals surface area contributed by atoms with Crippen LogP contribution in [0.25, 0.3) is 0 Å². The molecule has 0 heterocycles. The van der Waals surface area contributed by atoms with Crippen molar-refractivity contribution in [3.05, 3.63) is 29.3 Å². The Morgan fingerprint density at radius 2 is 2.06 bits per heavy atom. The minimum atomic E-state index is 0.702. The maximum Gasteiger partial charge on any atom is 0.119 e. The second-order valence-electron chi connectivity index (χ2n) is 5.47. The molecule has 0 radical (unpaired) electrons. The van der Waals surface area contributed by atoms with E-state index in [1.807, 2.05) is 0 Å². The zero-order valence-corrected chi connectivity index (χ0v) is 11.8. The van der Waals surface area contributed by atoms with Crippen molar-refractivity contribution in [1.82, 2.24) is 5.32 Å². The van der Waals surface area contributed by atoms with Gasteiger partial charge in [0, 0.05) is 6.04 Å². The molecule has 1 aliphatic carbocycles. The molecule has 1 N–H and O–H groups in total. The number of benzene rings is 1. The van der Waals surface area contributed by atoms with Crippen LogP contribution in [0.15, 0.2) is 18.2 Å². The molecule has 1 saturated carbocycles. The Morgan fingerprint density at radius 3 is 2.78 bits per heavy atom.